The second-order valence-electron chi connectivity index (χ2n) is 6.78. The number of hydrogen-bond acceptors (Lipinski definition) is 8. The van der Waals surface area contributed by atoms with Crippen LogP contribution in [0.5, 0.6) is 23.0 Å². The van der Waals surface area contributed by atoms with Crippen LogP contribution in [0.3, 0.4) is 0 Å². The number of ether oxygens (including phenoxy) is 4. The smallest absolute Gasteiger partial charge is 0.341 e. The molecule has 0 saturated carbocycles. The number of rotatable bonds is 11. The van der Waals surface area contributed by atoms with Gasteiger partial charge in [-0.3, -0.25) is 14.5 Å². The summed E-state index contributed by atoms with van der Waals surface area (Å²) < 4.78 is 22.5. The number of halogens is 1. The van der Waals surface area contributed by atoms with Crippen LogP contribution in [-0.2, 0) is 9.59 Å². The van der Waals surface area contributed by atoms with Crippen LogP contribution in [0, 0.1) is 3.57 Å². The Morgan fingerprint density at radius 3 is 2.53 bits per heavy atom. The van der Waals surface area contributed by atoms with Crippen LogP contribution < -0.4 is 18.9 Å². The first kappa shape index (κ1) is 25.7. The molecule has 2 aromatic carbocycles. The van der Waals surface area contributed by atoms with Crippen molar-refractivity contribution in [1.29, 1.82) is 0 Å². The first-order chi connectivity index (χ1) is 16.3. The van der Waals surface area contributed by atoms with Gasteiger partial charge >= 0.3 is 5.97 Å². The molecule has 1 fully saturated rings. The lowest BCUT2D eigenvalue weighted by molar-refractivity contribution is -0.139. The average Bonchev–Trinajstić information content (AvgIpc) is 3.06. The molecule has 1 heterocycles. The van der Waals surface area contributed by atoms with E-state index in [1.807, 2.05) is 28.7 Å². The molecule has 0 bridgehead atoms. The summed E-state index contributed by atoms with van der Waals surface area (Å²) in [5.41, 5.74) is 0.617. The number of carboxylic acid groups (broad SMARTS) is 1. The van der Waals surface area contributed by atoms with Gasteiger partial charge < -0.3 is 24.1 Å². The van der Waals surface area contributed by atoms with Crippen molar-refractivity contribution in [2.24, 2.45) is 0 Å². The Kier molecular flexibility index (Phi) is 9.05. The molecule has 0 aliphatic carbocycles. The number of methoxy groups -OCH3 is 1. The second-order valence-corrected chi connectivity index (χ2v) is 8.93. The van der Waals surface area contributed by atoms with Crippen molar-refractivity contribution in [2.75, 3.05) is 33.5 Å². The Morgan fingerprint density at radius 2 is 1.85 bits per heavy atom. The maximum atomic E-state index is 12.8. The van der Waals surface area contributed by atoms with E-state index in [4.69, 9.17) is 24.1 Å². The average molecular weight is 599 g/mol. The molecule has 1 N–H and O–H groups in total. The number of thioether (sulfide) groups is 1. The van der Waals surface area contributed by atoms with Gasteiger partial charge in [-0.15, -0.1) is 0 Å². The highest BCUT2D eigenvalue weighted by Gasteiger charge is 2.35. The van der Waals surface area contributed by atoms with Gasteiger partial charge in [0.25, 0.3) is 11.1 Å². The van der Waals surface area contributed by atoms with Gasteiger partial charge in [0, 0.05) is 0 Å². The fourth-order valence-corrected chi connectivity index (χ4v) is 4.68. The summed E-state index contributed by atoms with van der Waals surface area (Å²) in [6, 6.07) is 10.5. The van der Waals surface area contributed by atoms with E-state index in [1.54, 1.807) is 43.3 Å². The maximum absolute atomic E-state index is 12.8. The molecular formula is C23H22INO8S. The van der Waals surface area contributed by atoms with E-state index in [2.05, 4.69) is 0 Å². The summed E-state index contributed by atoms with van der Waals surface area (Å²) in [4.78, 5) is 37.5. The van der Waals surface area contributed by atoms with Gasteiger partial charge in [0.1, 0.15) is 6.61 Å². The molecule has 180 valence electrons. The van der Waals surface area contributed by atoms with Crippen LogP contribution in [0.1, 0.15) is 12.5 Å². The number of aliphatic carboxylic acids is 1. The number of nitrogens with zero attached hydrogens (tertiary/aromatic N) is 1. The molecule has 0 unspecified atom stereocenters. The number of benzene rings is 2. The van der Waals surface area contributed by atoms with Crippen molar-refractivity contribution >= 4 is 57.5 Å². The summed E-state index contributed by atoms with van der Waals surface area (Å²) in [5.74, 6) is 0.223. The number of carbonyl (C=O) groups excluding carboxylic acids is 2. The van der Waals surface area contributed by atoms with Gasteiger partial charge in [0.05, 0.1) is 28.7 Å². The maximum Gasteiger partial charge on any atom is 0.341 e. The van der Waals surface area contributed by atoms with Crippen LogP contribution >= 0.6 is 34.4 Å². The molecule has 9 nitrogen and oxygen atoms in total. The van der Waals surface area contributed by atoms with Crippen molar-refractivity contribution in [3.05, 3.63) is 50.4 Å². The molecule has 0 atom stereocenters. The zero-order valence-electron chi connectivity index (χ0n) is 18.4. The highest BCUT2D eigenvalue weighted by atomic mass is 127. The van der Waals surface area contributed by atoms with Gasteiger partial charge in [0.2, 0.25) is 0 Å². The van der Waals surface area contributed by atoms with E-state index in [1.165, 1.54) is 7.11 Å². The molecule has 1 aliphatic heterocycles. The summed E-state index contributed by atoms with van der Waals surface area (Å²) in [6.45, 7) is 1.83. The van der Waals surface area contributed by atoms with Crippen LogP contribution in [0.25, 0.3) is 6.08 Å². The zero-order chi connectivity index (χ0) is 24.7. The Balaban J connectivity index is 1.73. The lowest BCUT2D eigenvalue weighted by atomic mass is 10.2. The van der Waals surface area contributed by atoms with Crippen LogP contribution in [0.4, 0.5) is 4.79 Å². The van der Waals surface area contributed by atoms with Crippen LogP contribution in [0.2, 0.25) is 0 Å². The molecule has 1 aliphatic rings. The van der Waals surface area contributed by atoms with E-state index in [9.17, 15) is 14.4 Å². The highest BCUT2D eigenvalue weighted by molar-refractivity contribution is 14.1. The Bertz CT molecular complexity index is 1120. The predicted molar refractivity (Wildman–Crippen MR) is 135 cm³/mol. The first-order valence-corrected chi connectivity index (χ1v) is 12.1. The molecule has 0 spiro atoms. The largest absolute Gasteiger partial charge is 0.493 e. The van der Waals surface area contributed by atoms with E-state index >= 15 is 0 Å². The van der Waals surface area contributed by atoms with Gasteiger partial charge in [-0.05, 0) is 77.2 Å². The zero-order valence-corrected chi connectivity index (χ0v) is 21.4. The van der Waals surface area contributed by atoms with Crippen molar-refractivity contribution in [3.63, 3.8) is 0 Å². The monoisotopic (exact) mass is 599 g/mol. The van der Waals surface area contributed by atoms with Gasteiger partial charge in [-0.1, -0.05) is 12.1 Å². The van der Waals surface area contributed by atoms with E-state index in [0.29, 0.717) is 38.7 Å². The van der Waals surface area contributed by atoms with E-state index in [0.717, 1.165) is 16.7 Å². The SMILES string of the molecule is CCOc1cc(/C=C2\SC(=O)N(CCOc3ccccc3OC)C2=O)cc(I)c1OCC(=O)O. The fourth-order valence-electron chi connectivity index (χ4n) is 3.04. The van der Waals surface area contributed by atoms with Gasteiger partial charge in [-0.25, -0.2) is 4.79 Å². The first-order valence-electron chi connectivity index (χ1n) is 10.2. The molecule has 0 aromatic heterocycles. The highest BCUT2D eigenvalue weighted by Crippen LogP contribution is 2.37. The van der Waals surface area contributed by atoms with Gasteiger partial charge in [-0.2, -0.15) is 0 Å². The number of carboxylic acids is 1. The summed E-state index contributed by atoms with van der Waals surface area (Å²) in [6.07, 6.45) is 1.59. The summed E-state index contributed by atoms with van der Waals surface area (Å²) in [7, 11) is 1.53. The minimum Gasteiger partial charge on any atom is -0.493 e. The van der Waals surface area contributed by atoms with Crippen molar-refractivity contribution in [1.82, 2.24) is 4.90 Å². The Morgan fingerprint density at radius 1 is 1.12 bits per heavy atom. The van der Waals surface area contributed by atoms with Crippen LogP contribution in [0.15, 0.2) is 41.3 Å². The third-order valence-electron chi connectivity index (χ3n) is 4.48. The predicted octanol–water partition coefficient (Wildman–Crippen LogP) is 4.28. The quantitative estimate of drug-likeness (QED) is 0.299. The summed E-state index contributed by atoms with van der Waals surface area (Å²) in [5, 5.41) is 8.50. The molecule has 0 radical (unpaired) electrons. The number of carbonyl (C=O) groups is 3. The number of amides is 2. The van der Waals surface area contributed by atoms with Crippen LogP contribution in [-0.4, -0.2) is 60.6 Å². The molecular weight excluding hydrogens is 577 g/mol. The van der Waals surface area contributed by atoms with Gasteiger partial charge in [0.15, 0.2) is 29.6 Å². The second kappa shape index (κ2) is 12.0. The minimum absolute atomic E-state index is 0.0871. The third-order valence-corrected chi connectivity index (χ3v) is 6.19. The number of para-hydroxylation sites is 2. The molecule has 2 amide bonds. The lowest BCUT2D eigenvalue weighted by Gasteiger charge is -2.15. The van der Waals surface area contributed by atoms with E-state index in [-0.39, 0.29) is 23.3 Å². The normalized spacial score (nSPS) is 14.4. The molecule has 1 saturated heterocycles. The Hall–Kier alpha value is -2.93. The molecule has 2 aromatic rings. The standard InChI is InChI=1S/C23H22INO8S/c1-3-31-18-11-14(10-15(24)21(18)33-13-20(26)27)12-19-22(28)25(23(29)34-19)8-9-32-17-7-5-4-6-16(17)30-2/h4-7,10-12H,3,8-9,13H2,1-2H3,(H,26,27)/b19-12-. The number of hydrogen-bond donors (Lipinski definition) is 1. The molecule has 3 rings (SSSR count). The Labute approximate surface area is 214 Å². The molecule has 11 heteroatoms. The lowest BCUT2D eigenvalue weighted by Crippen LogP contribution is -2.32. The third kappa shape index (κ3) is 6.35. The van der Waals surface area contributed by atoms with Crippen molar-refractivity contribution in [3.8, 4) is 23.0 Å². The fraction of sp³-hybridized carbons (Fsp3) is 0.261. The summed E-state index contributed by atoms with van der Waals surface area (Å²) >= 11 is 2.84. The van der Waals surface area contributed by atoms with E-state index < -0.39 is 18.5 Å². The van der Waals surface area contributed by atoms with Crippen molar-refractivity contribution in [2.45, 2.75) is 6.92 Å². The number of imide groups is 1. The molecule has 34 heavy (non-hydrogen) atoms. The minimum atomic E-state index is -1.11. The topological polar surface area (TPSA) is 112 Å². The van der Waals surface area contributed by atoms with Crippen molar-refractivity contribution < 1.29 is 38.4 Å².